The lowest BCUT2D eigenvalue weighted by Crippen LogP contribution is -2.14. The molecule has 1 atom stereocenters. The number of carbonyl (C=O) groups excluding carboxylic acids is 1. The summed E-state index contributed by atoms with van der Waals surface area (Å²) < 4.78 is 5.37. The molecule has 4 N–H and O–H groups in total. The molecule has 0 saturated heterocycles. The van der Waals surface area contributed by atoms with Gasteiger partial charge in [0.15, 0.2) is 5.78 Å². The lowest BCUT2D eigenvalue weighted by Gasteiger charge is -2.09. The zero-order valence-corrected chi connectivity index (χ0v) is 14.4. The van der Waals surface area contributed by atoms with E-state index < -0.39 is 6.10 Å². The molecule has 0 aromatic heterocycles. The highest BCUT2D eigenvalue weighted by molar-refractivity contribution is 6.08. The predicted octanol–water partition coefficient (Wildman–Crippen LogP) is 2.65. The first-order valence-electron chi connectivity index (χ1n) is 7.86. The number of hydrogen-bond donors (Lipinski definition) is 2. The van der Waals surface area contributed by atoms with E-state index in [-0.39, 0.29) is 19.3 Å². The number of rotatable bonds is 7. The molecule has 0 bridgehead atoms. The van der Waals surface area contributed by atoms with Gasteiger partial charge in [0.05, 0.1) is 0 Å². The fourth-order valence-electron chi connectivity index (χ4n) is 1.71. The average molecular weight is 348 g/mol. The summed E-state index contributed by atoms with van der Waals surface area (Å²) in [4.78, 5) is 12.2. The fraction of sp³-hybridized carbons (Fsp3) is 0.250. The van der Waals surface area contributed by atoms with E-state index in [1.54, 1.807) is 36.4 Å². The summed E-state index contributed by atoms with van der Waals surface area (Å²) in [5.41, 5.74) is 1.26. The number of ketones is 1. The number of benzene rings is 2. The van der Waals surface area contributed by atoms with Crippen molar-refractivity contribution in [2.75, 3.05) is 13.2 Å². The Kier molecular flexibility index (Phi) is 11.6. The summed E-state index contributed by atoms with van der Waals surface area (Å²) in [7, 11) is 0. The molecule has 5 heteroatoms. The monoisotopic (exact) mass is 348 g/mol. The van der Waals surface area contributed by atoms with Crippen molar-refractivity contribution in [3.8, 4) is 5.75 Å². The van der Waals surface area contributed by atoms with Gasteiger partial charge in [-0.3, -0.25) is 4.79 Å². The molecule has 5 nitrogen and oxygen atoms in total. The molecule has 0 spiro atoms. The largest absolute Gasteiger partial charge is 0.491 e. The molecule has 0 saturated carbocycles. The number of aliphatic hydroxyl groups is 2. The van der Waals surface area contributed by atoms with Crippen molar-refractivity contribution in [2.45, 2.75) is 19.4 Å². The fourth-order valence-corrected chi connectivity index (χ4v) is 1.71. The summed E-state index contributed by atoms with van der Waals surface area (Å²) in [5.74, 6) is 0.582. The Balaban J connectivity index is 0. The van der Waals surface area contributed by atoms with Crippen LogP contribution in [0.2, 0.25) is 0 Å². The van der Waals surface area contributed by atoms with Gasteiger partial charge in [0.2, 0.25) is 0 Å². The molecule has 1 unspecified atom stereocenters. The standard InChI is InChI=1S/C17H16O3.C3H8O.H2O.H2/c1-2-15(18)12-20-16-10-8-14(9-11-16)17(19)13-6-4-3-5-7-13;1-2-3-4;;/h2-11,15,18H,1,12H2;4H,2-3H2,1H3;1H2;1H. The van der Waals surface area contributed by atoms with Gasteiger partial charge < -0.3 is 20.4 Å². The van der Waals surface area contributed by atoms with Crippen LogP contribution in [0, 0.1) is 0 Å². The maximum atomic E-state index is 12.2. The van der Waals surface area contributed by atoms with Gasteiger partial charge in [-0.2, -0.15) is 0 Å². The quantitative estimate of drug-likeness (QED) is 0.593. The van der Waals surface area contributed by atoms with Crippen molar-refractivity contribution in [3.05, 3.63) is 78.4 Å². The van der Waals surface area contributed by atoms with Gasteiger partial charge >= 0.3 is 0 Å². The van der Waals surface area contributed by atoms with Gasteiger partial charge in [-0.1, -0.05) is 43.3 Å². The molecule has 0 aliphatic rings. The van der Waals surface area contributed by atoms with E-state index in [0.717, 1.165) is 6.42 Å². The lowest BCUT2D eigenvalue weighted by atomic mass is 10.0. The predicted molar refractivity (Wildman–Crippen MR) is 101 cm³/mol. The summed E-state index contributed by atoms with van der Waals surface area (Å²) in [6.45, 7) is 5.87. The third-order valence-corrected chi connectivity index (χ3v) is 3.07. The van der Waals surface area contributed by atoms with Crippen LogP contribution in [0.15, 0.2) is 67.3 Å². The second-order valence-corrected chi connectivity index (χ2v) is 5.06. The minimum absolute atomic E-state index is 0. The summed E-state index contributed by atoms with van der Waals surface area (Å²) in [6.07, 6.45) is 1.59. The molecule has 0 aliphatic carbocycles. The highest BCUT2D eigenvalue weighted by Gasteiger charge is 2.08. The highest BCUT2D eigenvalue weighted by Crippen LogP contribution is 2.15. The van der Waals surface area contributed by atoms with Crippen molar-refractivity contribution in [1.82, 2.24) is 0 Å². The smallest absolute Gasteiger partial charge is 0.193 e. The van der Waals surface area contributed by atoms with Gasteiger partial charge in [0, 0.05) is 19.2 Å². The molecule has 0 aliphatic heterocycles. The number of hydrogen-bond acceptors (Lipinski definition) is 4. The third kappa shape index (κ3) is 8.26. The Bertz CT molecular complexity index is 612. The third-order valence-electron chi connectivity index (χ3n) is 3.07. The topological polar surface area (TPSA) is 98.3 Å². The summed E-state index contributed by atoms with van der Waals surface area (Å²) in [5, 5.41) is 17.2. The van der Waals surface area contributed by atoms with Crippen molar-refractivity contribution < 1.29 is 26.6 Å². The zero-order chi connectivity index (χ0) is 17.8. The van der Waals surface area contributed by atoms with Crippen LogP contribution in [0.25, 0.3) is 0 Å². The Morgan fingerprint density at radius 2 is 1.68 bits per heavy atom. The Morgan fingerprint density at radius 1 is 1.16 bits per heavy atom. The van der Waals surface area contributed by atoms with Crippen LogP contribution in [-0.2, 0) is 0 Å². The lowest BCUT2D eigenvalue weighted by molar-refractivity contribution is 0.103. The van der Waals surface area contributed by atoms with Crippen molar-refractivity contribution in [1.29, 1.82) is 0 Å². The molecule has 0 fully saturated rings. The molecule has 2 rings (SSSR count). The number of ether oxygens (including phenoxy) is 1. The van der Waals surface area contributed by atoms with Crippen LogP contribution in [-0.4, -0.2) is 40.8 Å². The van der Waals surface area contributed by atoms with Crippen molar-refractivity contribution >= 4 is 5.78 Å². The molecular weight excluding hydrogens is 320 g/mol. The zero-order valence-electron chi connectivity index (χ0n) is 14.4. The second-order valence-electron chi connectivity index (χ2n) is 5.06. The first kappa shape index (κ1) is 22.5. The van der Waals surface area contributed by atoms with Crippen LogP contribution in [0.3, 0.4) is 0 Å². The van der Waals surface area contributed by atoms with Gasteiger partial charge in [0.1, 0.15) is 18.5 Å². The van der Waals surface area contributed by atoms with Crippen molar-refractivity contribution in [3.63, 3.8) is 0 Å². The first-order valence-corrected chi connectivity index (χ1v) is 7.86. The van der Waals surface area contributed by atoms with Gasteiger partial charge in [-0.05, 0) is 30.7 Å². The van der Waals surface area contributed by atoms with E-state index in [1.807, 2.05) is 25.1 Å². The molecule has 25 heavy (non-hydrogen) atoms. The van der Waals surface area contributed by atoms with Gasteiger partial charge in [0.25, 0.3) is 0 Å². The number of carbonyl (C=O) groups is 1. The van der Waals surface area contributed by atoms with Crippen LogP contribution >= 0.6 is 0 Å². The summed E-state index contributed by atoms with van der Waals surface area (Å²) >= 11 is 0. The molecule has 0 radical (unpaired) electrons. The minimum atomic E-state index is -0.694. The molecule has 0 heterocycles. The normalized spacial score (nSPS) is 10.5. The van der Waals surface area contributed by atoms with Crippen LogP contribution in [0.1, 0.15) is 30.7 Å². The Labute approximate surface area is 150 Å². The molecule has 2 aromatic carbocycles. The van der Waals surface area contributed by atoms with Crippen LogP contribution < -0.4 is 4.74 Å². The Morgan fingerprint density at radius 3 is 2.16 bits per heavy atom. The first-order chi connectivity index (χ1) is 11.6. The molecule has 2 aromatic rings. The summed E-state index contributed by atoms with van der Waals surface area (Å²) in [6, 6.07) is 16.0. The second kappa shape index (κ2) is 12.9. The van der Waals surface area contributed by atoms with Crippen LogP contribution in [0.5, 0.6) is 5.75 Å². The number of aliphatic hydroxyl groups excluding tert-OH is 2. The van der Waals surface area contributed by atoms with E-state index in [2.05, 4.69) is 6.58 Å². The minimum Gasteiger partial charge on any atom is -0.491 e. The van der Waals surface area contributed by atoms with Gasteiger partial charge in [-0.15, -0.1) is 6.58 Å². The average Bonchev–Trinajstić information content (AvgIpc) is 2.66. The van der Waals surface area contributed by atoms with E-state index in [9.17, 15) is 9.90 Å². The molecular formula is C20H28O5. The molecule has 138 valence electrons. The molecule has 0 amide bonds. The van der Waals surface area contributed by atoms with E-state index in [4.69, 9.17) is 9.84 Å². The highest BCUT2D eigenvalue weighted by atomic mass is 16.5. The van der Waals surface area contributed by atoms with Crippen molar-refractivity contribution in [2.24, 2.45) is 0 Å². The van der Waals surface area contributed by atoms with E-state index >= 15 is 0 Å². The maximum absolute atomic E-state index is 12.2. The van der Waals surface area contributed by atoms with E-state index in [1.165, 1.54) is 6.08 Å². The van der Waals surface area contributed by atoms with E-state index in [0.29, 0.717) is 23.5 Å². The maximum Gasteiger partial charge on any atom is 0.193 e. The SMILES string of the molecule is C=CC(O)COc1ccc(C(=O)c2ccccc2)cc1.CCCO.O.[HH]. The van der Waals surface area contributed by atoms with Crippen LogP contribution in [0.4, 0.5) is 0 Å². The Hall–Kier alpha value is -2.47. The van der Waals surface area contributed by atoms with Gasteiger partial charge in [-0.25, -0.2) is 0 Å².